The molecular formula is C12H13NO3. The molecule has 1 aliphatic heterocycles. The maximum atomic E-state index is 10.8. The molecule has 4 heteroatoms. The Kier molecular flexibility index (Phi) is 2.92. The van der Waals surface area contributed by atoms with Crippen LogP contribution in [0.25, 0.3) is 0 Å². The molecule has 16 heavy (non-hydrogen) atoms. The minimum absolute atomic E-state index is 0.0829. The smallest absolute Gasteiger partial charge is 0.331 e. The van der Waals surface area contributed by atoms with E-state index in [1.165, 1.54) is 0 Å². The Labute approximate surface area is 93.2 Å². The molecule has 0 saturated carbocycles. The number of carboxylic acid groups (broad SMARTS) is 1. The molecule has 0 saturated heterocycles. The highest BCUT2D eigenvalue weighted by molar-refractivity contribution is 5.86. The van der Waals surface area contributed by atoms with Crippen LogP contribution in [0.5, 0.6) is 5.75 Å². The summed E-state index contributed by atoms with van der Waals surface area (Å²) in [6.45, 7) is 0.656. The Morgan fingerprint density at radius 1 is 1.31 bits per heavy atom. The summed E-state index contributed by atoms with van der Waals surface area (Å²) in [5.41, 5.74) is 1.40. The summed E-state index contributed by atoms with van der Waals surface area (Å²) in [4.78, 5) is 10.8. The second kappa shape index (κ2) is 4.37. The van der Waals surface area contributed by atoms with Crippen LogP contribution in [0, 0.1) is 0 Å². The van der Waals surface area contributed by atoms with Gasteiger partial charge in [-0.2, -0.15) is 0 Å². The van der Waals surface area contributed by atoms with E-state index in [1.54, 1.807) is 30.3 Å². The van der Waals surface area contributed by atoms with Gasteiger partial charge >= 0.3 is 5.97 Å². The molecule has 0 radical (unpaired) electrons. The van der Waals surface area contributed by atoms with Crippen LogP contribution in [0.2, 0.25) is 0 Å². The van der Waals surface area contributed by atoms with Gasteiger partial charge in [-0.1, -0.05) is 18.2 Å². The summed E-state index contributed by atoms with van der Waals surface area (Å²) in [5.74, 6) is -0.646. The van der Waals surface area contributed by atoms with Crippen LogP contribution >= 0.6 is 0 Å². The van der Waals surface area contributed by atoms with Crippen molar-refractivity contribution in [2.24, 2.45) is 0 Å². The van der Waals surface area contributed by atoms with Gasteiger partial charge in [-0.15, -0.1) is 0 Å². The Morgan fingerprint density at radius 2 is 2.00 bits per heavy atom. The standard InChI is InChI=1S/C12H13NO3/c14-10-3-1-8(2-4-10)11-7-9(12(15)16)5-6-13-11/h1-4,7,11,13-14H,5-6H2,(H,15,16). The van der Waals surface area contributed by atoms with E-state index in [-0.39, 0.29) is 11.8 Å². The van der Waals surface area contributed by atoms with Crippen molar-refractivity contribution in [2.45, 2.75) is 12.5 Å². The summed E-state index contributed by atoms with van der Waals surface area (Å²) >= 11 is 0. The van der Waals surface area contributed by atoms with Gasteiger partial charge in [0.25, 0.3) is 0 Å². The van der Waals surface area contributed by atoms with Gasteiger partial charge in [-0.05, 0) is 24.1 Å². The molecule has 0 aromatic heterocycles. The molecule has 0 aliphatic carbocycles. The SMILES string of the molecule is O=C(O)C1=CC(c2ccc(O)cc2)NCC1. The first-order chi connectivity index (χ1) is 7.66. The zero-order chi connectivity index (χ0) is 11.5. The number of hydrogen-bond donors (Lipinski definition) is 3. The quantitative estimate of drug-likeness (QED) is 0.704. The minimum atomic E-state index is -0.856. The molecule has 1 unspecified atom stereocenters. The van der Waals surface area contributed by atoms with E-state index >= 15 is 0 Å². The summed E-state index contributed by atoms with van der Waals surface area (Å²) < 4.78 is 0. The van der Waals surface area contributed by atoms with Crippen LogP contribution in [0.3, 0.4) is 0 Å². The fraction of sp³-hybridized carbons (Fsp3) is 0.250. The summed E-state index contributed by atoms with van der Waals surface area (Å²) in [7, 11) is 0. The Bertz CT molecular complexity index is 422. The molecule has 1 heterocycles. The third-order valence-corrected chi connectivity index (χ3v) is 2.65. The molecule has 0 spiro atoms. The highest BCUT2D eigenvalue weighted by Gasteiger charge is 2.18. The number of aliphatic carboxylic acids is 1. The molecule has 0 fully saturated rings. The summed E-state index contributed by atoms with van der Waals surface area (Å²) in [6.07, 6.45) is 2.27. The molecule has 1 atom stereocenters. The van der Waals surface area contributed by atoms with Crippen LogP contribution in [-0.2, 0) is 4.79 Å². The lowest BCUT2D eigenvalue weighted by atomic mass is 9.98. The first-order valence-corrected chi connectivity index (χ1v) is 5.13. The van der Waals surface area contributed by atoms with Gasteiger partial charge in [0.2, 0.25) is 0 Å². The molecule has 1 aromatic carbocycles. The number of hydrogen-bond acceptors (Lipinski definition) is 3. The number of phenols is 1. The van der Waals surface area contributed by atoms with Crippen molar-refractivity contribution in [3.05, 3.63) is 41.5 Å². The van der Waals surface area contributed by atoms with Gasteiger partial charge in [0.05, 0.1) is 6.04 Å². The molecule has 3 N–H and O–H groups in total. The van der Waals surface area contributed by atoms with E-state index < -0.39 is 5.97 Å². The lowest BCUT2D eigenvalue weighted by Gasteiger charge is -2.21. The molecule has 0 amide bonds. The van der Waals surface area contributed by atoms with Crippen LogP contribution in [0.15, 0.2) is 35.9 Å². The maximum absolute atomic E-state index is 10.8. The average molecular weight is 219 g/mol. The van der Waals surface area contributed by atoms with Gasteiger partial charge in [0.15, 0.2) is 0 Å². The monoisotopic (exact) mass is 219 g/mol. The Morgan fingerprint density at radius 3 is 2.62 bits per heavy atom. The summed E-state index contributed by atoms with van der Waals surface area (Å²) in [5, 5.41) is 21.3. The second-order valence-electron chi connectivity index (χ2n) is 3.77. The number of carbonyl (C=O) groups is 1. The lowest BCUT2D eigenvalue weighted by Crippen LogP contribution is -2.27. The molecular weight excluding hydrogens is 206 g/mol. The van der Waals surface area contributed by atoms with Crippen molar-refractivity contribution in [2.75, 3.05) is 6.54 Å². The first-order valence-electron chi connectivity index (χ1n) is 5.13. The number of aromatic hydroxyl groups is 1. The number of nitrogens with one attached hydrogen (secondary N) is 1. The average Bonchev–Trinajstić information content (AvgIpc) is 2.30. The van der Waals surface area contributed by atoms with Gasteiger partial charge in [-0.25, -0.2) is 4.79 Å². The summed E-state index contributed by atoms with van der Waals surface area (Å²) in [6, 6.07) is 6.68. The normalized spacial score (nSPS) is 20.2. The molecule has 84 valence electrons. The number of rotatable bonds is 2. The van der Waals surface area contributed by atoms with Crippen molar-refractivity contribution in [3.63, 3.8) is 0 Å². The van der Waals surface area contributed by atoms with Crippen molar-refractivity contribution in [3.8, 4) is 5.75 Å². The highest BCUT2D eigenvalue weighted by atomic mass is 16.4. The Balaban J connectivity index is 2.24. The van der Waals surface area contributed by atoms with E-state index in [2.05, 4.69) is 5.32 Å². The van der Waals surface area contributed by atoms with Crippen LogP contribution < -0.4 is 5.32 Å². The number of carboxylic acids is 1. The Hall–Kier alpha value is -1.81. The van der Waals surface area contributed by atoms with Crippen molar-refractivity contribution >= 4 is 5.97 Å². The molecule has 1 aromatic rings. The lowest BCUT2D eigenvalue weighted by molar-refractivity contribution is -0.132. The van der Waals surface area contributed by atoms with E-state index in [0.717, 1.165) is 5.56 Å². The first kappa shape index (κ1) is 10.7. The predicted octanol–water partition coefficient (Wildman–Crippen LogP) is 1.44. The predicted molar refractivity (Wildman–Crippen MR) is 59.2 cm³/mol. The van der Waals surface area contributed by atoms with E-state index in [4.69, 9.17) is 10.2 Å². The molecule has 2 rings (SSSR count). The zero-order valence-corrected chi connectivity index (χ0v) is 8.68. The molecule has 0 bridgehead atoms. The molecule has 1 aliphatic rings. The minimum Gasteiger partial charge on any atom is -0.508 e. The zero-order valence-electron chi connectivity index (χ0n) is 8.68. The second-order valence-corrected chi connectivity index (χ2v) is 3.77. The van der Waals surface area contributed by atoms with Crippen molar-refractivity contribution in [1.82, 2.24) is 5.32 Å². The van der Waals surface area contributed by atoms with Gasteiger partial charge in [-0.3, -0.25) is 0 Å². The van der Waals surface area contributed by atoms with E-state index in [0.29, 0.717) is 18.5 Å². The third-order valence-electron chi connectivity index (χ3n) is 2.65. The van der Waals surface area contributed by atoms with Gasteiger partial charge in [0, 0.05) is 12.1 Å². The largest absolute Gasteiger partial charge is 0.508 e. The fourth-order valence-electron chi connectivity index (χ4n) is 1.78. The van der Waals surface area contributed by atoms with Crippen molar-refractivity contribution in [1.29, 1.82) is 0 Å². The van der Waals surface area contributed by atoms with Crippen LogP contribution in [-0.4, -0.2) is 22.7 Å². The topological polar surface area (TPSA) is 69.6 Å². The van der Waals surface area contributed by atoms with E-state index in [9.17, 15) is 4.79 Å². The maximum Gasteiger partial charge on any atom is 0.331 e. The van der Waals surface area contributed by atoms with Gasteiger partial charge < -0.3 is 15.5 Å². The number of benzene rings is 1. The fourth-order valence-corrected chi connectivity index (χ4v) is 1.78. The van der Waals surface area contributed by atoms with Crippen LogP contribution in [0.1, 0.15) is 18.0 Å². The highest BCUT2D eigenvalue weighted by Crippen LogP contribution is 2.22. The van der Waals surface area contributed by atoms with E-state index in [1.807, 2.05) is 0 Å². The van der Waals surface area contributed by atoms with Gasteiger partial charge in [0.1, 0.15) is 5.75 Å². The van der Waals surface area contributed by atoms with Crippen molar-refractivity contribution < 1.29 is 15.0 Å². The molecule has 4 nitrogen and oxygen atoms in total. The van der Waals surface area contributed by atoms with Crippen LogP contribution in [0.4, 0.5) is 0 Å². The third kappa shape index (κ3) is 2.23. The number of phenolic OH excluding ortho intramolecular Hbond substituents is 1.